The topological polar surface area (TPSA) is 20.2 Å². The molecule has 1 N–H and O–H groups in total. The van der Waals surface area contributed by atoms with Gasteiger partial charge in [0, 0.05) is 0 Å². The van der Waals surface area contributed by atoms with Crippen molar-refractivity contribution in [2.45, 2.75) is 32.3 Å². The van der Waals surface area contributed by atoms with E-state index in [9.17, 15) is 5.11 Å². The summed E-state index contributed by atoms with van der Waals surface area (Å²) in [5.41, 5.74) is 1.38. The van der Waals surface area contributed by atoms with Gasteiger partial charge in [0.15, 0.2) is 0 Å². The van der Waals surface area contributed by atoms with Crippen LogP contribution in [0, 0.1) is 5.41 Å². The van der Waals surface area contributed by atoms with Gasteiger partial charge < -0.3 is 5.11 Å². The molecule has 1 nitrogen and oxygen atoms in total. The third-order valence-electron chi connectivity index (χ3n) is 4.39. The van der Waals surface area contributed by atoms with Crippen LogP contribution < -0.4 is 0 Å². The molecule has 2 aromatic carbocycles. The van der Waals surface area contributed by atoms with Crippen LogP contribution in [0.3, 0.4) is 0 Å². The summed E-state index contributed by atoms with van der Waals surface area (Å²) in [7, 11) is 0. The minimum absolute atomic E-state index is 0.0163. The Labute approximate surface area is 102 Å². The van der Waals surface area contributed by atoms with Gasteiger partial charge >= 0.3 is 0 Å². The zero-order valence-corrected chi connectivity index (χ0v) is 10.4. The molecule has 2 aromatic rings. The Bertz CT molecular complexity index is 556. The first kappa shape index (κ1) is 10.8. The van der Waals surface area contributed by atoms with Crippen molar-refractivity contribution in [1.82, 2.24) is 0 Å². The third kappa shape index (κ3) is 1.57. The van der Waals surface area contributed by atoms with Gasteiger partial charge in [0.05, 0.1) is 6.10 Å². The smallest absolute Gasteiger partial charge is 0.0603 e. The van der Waals surface area contributed by atoms with Crippen molar-refractivity contribution in [3.63, 3.8) is 0 Å². The van der Waals surface area contributed by atoms with E-state index in [0.717, 1.165) is 6.42 Å². The molecular weight excluding hydrogens is 208 g/mol. The third-order valence-corrected chi connectivity index (χ3v) is 4.39. The molecule has 0 heterocycles. The van der Waals surface area contributed by atoms with Crippen LogP contribution in [0.1, 0.15) is 31.7 Å². The van der Waals surface area contributed by atoms with Crippen LogP contribution in [0.2, 0.25) is 0 Å². The standard InChI is InChI=1S/C16H18O/c1-16(2)14(10-15(16)17)13-8-7-11-5-3-4-6-12(11)9-13/h3-9,14-15,17H,10H2,1-2H3. The van der Waals surface area contributed by atoms with Gasteiger partial charge in [-0.2, -0.15) is 0 Å². The largest absolute Gasteiger partial charge is 0.393 e. The Morgan fingerprint density at radius 2 is 1.76 bits per heavy atom. The molecule has 1 saturated carbocycles. The molecule has 2 atom stereocenters. The van der Waals surface area contributed by atoms with Gasteiger partial charge in [-0.3, -0.25) is 0 Å². The van der Waals surface area contributed by atoms with Crippen LogP contribution in [-0.4, -0.2) is 11.2 Å². The Morgan fingerprint density at radius 1 is 1.06 bits per heavy atom. The lowest BCUT2D eigenvalue weighted by Gasteiger charge is -2.49. The Hall–Kier alpha value is -1.34. The van der Waals surface area contributed by atoms with Crippen LogP contribution in [0.25, 0.3) is 10.8 Å². The molecule has 2 unspecified atom stereocenters. The molecule has 1 fully saturated rings. The molecule has 0 radical (unpaired) electrons. The van der Waals surface area contributed by atoms with E-state index in [0.29, 0.717) is 5.92 Å². The van der Waals surface area contributed by atoms with Gasteiger partial charge in [-0.05, 0) is 34.1 Å². The second-order valence-electron chi connectivity index (χ2n) is 5.73. The first-order valence-corrected chi connectivity index (χ1v) is 6.26. The van der Waals surface area contributed by atoms with Crippen molar-refractivity contribution in [1.29, 1.82) is 0 Å². The number of benzene rings is 2. The quantitative estimate of drug-likeness (QED) is 0.785. The lowest BCUT2D eigenvalue weighted by Crippen LogP contribution is -2.47. The normalized spacial score (nSPS) is 26.8. The van der Waals surface area contributed by atoms with Crippen LogP contribution >= 0.6 is 0 Å². The van der Waals surface area contributed by atoms with Crippen molar-refractivity contribution in [2.75, 3.05) is 0 Å². The van der Waals surface area contributed by atoms with Crippen molar-refractivity contribution in [3.05, 3.63) is 48.0 Å². The fourth-order valence-corrected chi connectivity index (χ4v) is 2.89. The second kappa shape index (κ2) is 3.58. The molecule has 1 aliphatic rings. The summed E-state index contributed by atoms with van der Waals surface area (Å²) < 4.78 is 0. The molecular formula is C16H18O. The summed E-state index contributed by atoms with van der Waals surface area (Å²) in [5.74, 6) is 0.488. The summed E-state index contributed by atoms with van der Waals surface area (Å²) in [4.78, 5) is 0. The molecule has 1 aliphatic carbocycles. The van der Waals surface area contributed by atoms with Gasteiger partial charge in [0.2, 0.25) is 0 Å². The van der Waals surface area contributed by atoms with Gasteiger partial charge in [0.1, 0.15) is 0 Å². The summed E-state index contributed by atoms with van der Waals surface area (Å²) in [6.07, 6.45) is 0.740. The van der Waals surface area contributed by atoms with Gasteiger partial charge in [0.25, 0.3) is 0 Å². The first-order chi connectivity index (χ1) is 8.09. The second-order valence-corrected chi connectivity index (χ2v) is 5.73. The van der Waals surface area contributed by atoms with E-state index in [1.54, 1.807) is 0 Å². The first-order valence-electron chi connectivity index (χ1n) is 6.26. The average Bonchev–Trinajstić information content (AvgIpc) is 2.35. The maximum absolute atomic E-state index is 9.82. The zero-order chi connectivity index (χ0) is 12.0. The van der Waals surface area contributed by atoms with E-state index in [-0.39, 0.29) is 11.5 Å². The minimum atomic E-state index is -0.154. The molecule has 0 saturated heterocycles. The predicted octanol–water partition coefficient (Wildman–Crippen LogP) is 3.71. The van der Waals surface area contributed by atoms with E-state index in [2.05, 4.69) is 56.3 Å². The van der Waals surface area contributed by atoms with Crippen LogP contribution in [0.4, 0.5) is 0 Å². The molecule has 0 amide bonds. The molecule has 0 bridgehead atoms. The number of rotatable bonds is 1. The lowest BCUT2D eigenvalue weighted by atomic mass is 9.58. The van der Waals surface area contributed by atoms with Crippen LogP contribution in [0.5, 0.6) is 0 Å². The molecule has 17 heavy (non-hydrogen) atoms. The monoisotopic (exact) mass is 226 g/mol. The Kier molecular flexibility index (Phi) is 2.27. The van der Waals surface area contributed by atoms with Gasteiger partial charge in [-0.25, -0.2) is 0 Å². The van der Waals surface area contributed by atoms with E-state index >= 15 is 0 Å². The maximum atomic E-state index is 9.82. The average molecular weight is 226 g/mol. The Balaban J connectivity index is 2.02. The summed E-state index contributed by atoms with van der Waals surface area (Å²) in [5, 5.41) is 12.4. The highest BCUT2D eigenvalue weighted by molar-refractivity contribution is 5.83. The van der Waals surface area contributed by atoms with Gasteiger partial charge in [-0.1, -0.05) is 56.3 Å². The number of hydrogen-bond acceptors (Lipinski definition) is 1. The Morgan fingerprint density at radius 3 is 2.41 bits per heavy atom. The van der Waals surface area contributed by atoms with Crippen molar-refractivity contribution < 1.29 is 5.11 Å². The number of fused-ring (bicyclic) bond motifs is 1. The van der Waals surface area contributed by atoms with Crippen LogP contribution in [-0.2, 0) is 0 Å². The lowest BCUT2D eigenvalue weighted by molar-refractivity contribution is -0.0625. The molecule has 0 aliphatic heterocycles. The highest BCUT2D eigenvalue weighted by Crippen LogP contribution is 2.52. The number of aliphatic hydroxyl groups is 1. The highest BCUT2D eigenvalue weighted by Gasteiger charge is 2.47. The highest BCUT2D eigenvalue weighted by atomic mass is 16.3. The fourth-order valence-electron chi connectivity index (χ4n) is 2.89. The van der Waals surface area contributed by atoms with Crippen molar-refractivity contribution >= 4 is 10.8 Å². The maximum Gasteiger partial charge on any atom is 0.0603 e. The molecule has 0 aromatic heterocycles. The summed E-state index contributed by atoms with van der Waals surface area (Å²) >= 11 is 0. The summed E-state index contributed by atoms with van der Waals surface area (Å²) in [6, 6.07) is 15.1. The van der Waals surface area contributed by atoms with E-state index in [4.69, 9.17) is 0 Å². The van der Waals surface area contributed by atoms with Gasteiger partial charge in [-0.15, -0.1) is 0 Å². The summed E-state index contributed by atoms with van der Waals surface area (Å²) in [6.45, 7) is 4.31. The van der Waals surface area contributed by atoms with Crippen LogP contribution in [0.15, 0.2) is 42.5 Å². The molecule has 0 spiro atoms. The number of hydrogen-bond donors (Lipinski definition) is 1. The van der Waals surface area contributed by atoms with Crippen molar-refractivity contribution in [3.8, 4) is 0 Å². The minimum Gasteiger partial charge on any atom is -0.393 e. The predicted molar refractivity (Wildman–Crippen MR) is 71.1 cm³/mol. The zero-order valence-electron chi connectivity index (χ0n) is 10.4. The SMILES string of the molecule is CC1(C)C(O)CC1c1ccc2ccccc2c1. The van der Waals surface area contributed by atoms with E-state index in [1.807, 2.05) is 0 Å². The molecule has 1 heteroatoms. The van der Waals surface area contributed by atoms with E-state index < -0.39 is 0 Å². The van der Waals surface area contributed by atoms with Crippen molar-refractivity contribution in [2.24, 2.45) is 5.41 Å². The fraction of sp³-hybridized carbons (Fsp3) is 0.375. The molecule has 88 valence electrons. The number of aliphatic hydroxyl groups excluding tert-OH is 1. The van der Waals surface area contributed by atoms with E-state index in [1.165, 1.54) is 16.3 Å². The molecule has 3 rings (SSSR count).